The van der Waals surface area contributed by atoms with Gasteiger partial charge >= 0.3 is 0 Å². The van der Waals surface area contributed by atoms with E-state index in [4.69, 9.17) is 15.2 Å². The molecule has 2 aliphatic rings. The Morgan fingerprint density at radius 1 is 1.50 bits per heavy atom. The Hall–Kier alpha value is -0.650. The third-order valence-electron chi connectivity index (χ3n) is 4.18. The summed E-state index contributed by atoms with van der Waals surface area (Å²) in [5, 5.41) is 3.14. The lowest BCUT2D eigenvalue weighted by atomic mass is 9.79. The largest absolute Gasteiger partial charge is 0.383 e. The Kier molecular flexibility index (Phi) is 4.59. The number of hydrogen-bond acceptors (Lipinski definition) is 4. The van der Waals surface area contributed by atoms with Crippen LogP contribution < -0.4 is 11.1 Å². The van der Waals surface area contributed by atoms with E-state index in [2.05, 4.69) is 5.32 Å². The van der Waals surface area contributed by atoms with E-state index in [0.29, 0.717) is 32.3 Å². The number of carbonyl (C=O) groups excluding carboxylic acids is 1. The van der Waals surface area contributed by atoms with Crippen molar-refractivity contribution in [2.45, 2.75) is 31.7 Å². The minimum absolute atomic E-state index is 0.0854. The molecule has 0 spiro atoms. The molecule has 0 radical (unpaired) electrons. The van der Waals surface area contributed by atoms with Crippen molar-refractivity contribution in [3.8, 4) is 0 Å². The van der Waals surface area contributed by atoms with Crippen LogP contribution in [0.15, 0.2) is 0 Å². The monoisotopic (exact) mass is 256 g/mol. The fourth-order valence-corrected chi connectivity index (χ4v) is 2.58. The Balaban J connectivity index is 1.95. The Labute approximate surface area is 108 Å². The summed E-state index contributed by atoms with van der Waals surface area (Å²) in [6.45, 7) is 2.24. The van der Waals surface area contributed by atoms with Crippen molar-refractivity contribution in [1.29, 1.82) is 0 Å². The Morgan fingerprint density at radius 2 is 2.17 bits per heavy atom. The van der Waals surface area contributed by atoms with Gasteiger partial charge in [-0.25, -0.2) is 0 Å². The lowest BCUT2D eigenvalue weighted by Crippen LogP contribution is -2.53. The van der Waals surface area contributed by atoms with E-state index in [1.54, 1.807) is 7.11 Å². The second-order valence-corrected chi connectivity index (χ2v) is 5.47. The molecule has 2 fully saturated rings. The smallest absolute Gasteiger partial charge is 0.227 e. The molecule has 0 bridgehead atoms. The third-order valence-corrected chi connectivity index (χ3v) is 4.18. The molecule has 1 atom stereocenters. The predicted octanol–water partition coefficient (Wildman–Crippen LogP) is 0.283. The molecule has 1 unspecified atom stereocenters. The van der Waals surface area contributed by atoms with Crippen molar-refractivity contribution in [3.63, 3.8) is 0 Å². The van der Waals surface area contributed by atoms with Gasteiger partial charge in [0.15, 0.2) is 0 Å². The SMILES string of the molecule is COCC(NC(=O)C1(CN)CCOCC1)C1CC1. The molecule has 1 heterocycles. The first-order chi connectivity index (χ1) is 8.72. The molecule has 18 heavy (non-hydrogen) atoms. The second kappa shape index (κ2) is 5.99. The van der Waals surface area contributed by atoms with Crippen molar-refractivity contribution in [1.82, 2.24) is 5.32 Å². The minimum Gasteiger partial charge on any atom is -0.383 e. The standard InChI is InChI=1S/C13H24N2O3/c1-17-8-11(10-2-3-10)15-12(16)13(9-14)4-6-18-7-5-13/h10-11H,2-9,14H2,1H3,(H,15,16). The zero-order valence-electron chi connectivity index (χ0n) is 11.1. The van der Waals surface area contributed by atoms with Crippen LogP contribution in [0, 0.1) is 11.3 Å². The summed E-state index contributed by atoms with van der Waals surface area (Å²) in [6.07, 6.45) is 3.82. The molecule has 2 rings (SSSR count). The fourth-order valence-electron chi connectivity index (χ4n) is 2.58. The van der Waals surface area contributed by atoms with E-state index in [0.717, 1.165) is 12.8 Å². The van der Waals surface area contributed by atoms with E-state index in [9.17, 15) is 4.79 Å². The molecule has 5 nitrogen and oxygen atoms in total. The van der Waals surface area contributed by atoms with Gasteiger partial charge in [0.25, 0.3) is 0 Å². The maximum atomic E-state index is 12.5. The Morgan fingerprint density at radius 3 is 2.67 bits per heavy atom. The van der Waals surface area contributed by atoms with Crippen molar-refractivity contribution in [3.05, 3.63) is 0 Å². The molecule has 3 N–H and O–H groups in total. The van der Waals surface area contributed by atoms with Crippen molar-refractivity contribution in [2.24, 2.45) is 17.1 Å². The molecule has 104 valence electrons. The van der Waals surface area contributed by atoms with Gasteiger partial charge in [-0.05, 0) is 31.6 Å². The molecule has 5 heteroatoms. The number of nitrogens with two attached hydrogens (primary N) is 1. The summed E-state index contributed by atoms with van der Waals surface area (Å²) in [6, 6.07) is 0.147. The molecule has 1 amide bonds. The molecule has 1 aliphatic heterocycles. The summed E-state index contributed by atoms with van der Waals surface area (Å²) < 4.78 is 10.5. The normalized spacial score (nSPS) is 24.6. The predicted molar refractivity (Wildman–Crippen MR) is 68.1 cm³/mol. The van der Waals surface area contributed by atoms with Crippen LogP contribution in [-0.2, 0) is 14.3 Å². The fraction of sp³-hybridized carbons (Fsp3) is 0.923. The van der Waals surface area contributed by atoms with Gasteiger partial charge in [0.1, 0.15) is 0 Å². The summed E-state index contributed by atoms with van der Waals surface area (Å²) in [7, 11) is 1.68. The van der Waals surface area contributed by atoms with E-state index >= 15 is 0 Å². The number of hydrogen-bond donors (Lipinski definition) is 2. The highest BCUT2D eigenvalue weighted by atomic mass is 16.5. The van der Waals surface area contributed by atoms with Gasteiger partial charge in [-0.3, -0.25) is 4.79 Å². The van der Waals surface area contributed by atoms with Crippen LogP contribution in [0.2, 0.25) is 0 Å². The van der Waals surface area contributed by atoms with Gasteiger partial charge in [0, 0.05) is 26.9 Å². The number of rotatable bonds is 6. The zero-order chi connectivity index (χ0) is 13.0. The maximum Gasteiger partial charge on any atom is 0.227 e. The van der Waals surface area contributed by atoms with Crippen LogP contribution in [-0.4, -0.2) is 45.4 Å². The molecule has 1 saturated carbocycles. The van der Waals surface area contributed by atoms with Crippen LogP contribution >= 0.6 is 0 Å². The van der Waals surface area contributed by atoms with Gasteiger partial charge in [0.05, 0.1) is 18.1 Å². The lowest BCUT2D eigenvalue weighted by Gasteiger charge is -2.36. The highest BCUT2D eigenvalue weighted by Gasteiger charge is 2.41. The number of ether oxygens (including phenoxy) is 2. The van der Waals surface area contributed by atoms with E-state index in [1.807, 2.05) is 0 Å². The molecular weight excluding hydrogens is 232 g/mol. The number of methoxy groups -OCH3 is 1. The van der Waals surface area contributed by atoms with E-state index in [-0.39, 0.29) is 11.9 Å². The quantitative estimate of drug-likeness (QED) is 0.716. The van der Waals surface area contributed by atoms with Crippen LogP contribution in [0.3, 0.4) is 0 Å². The average Bonchev–Trinajstić information content (AvgIpc) is 3.23. The first kappa shape index (κ1) is 13.8. The number of nitrogens with one attached hydrogen (secondary N) is 1. The second-order valence-electron chi connectivity index (χ2n) is 5.47. The van der Waals surface area contributed by atoms with Gasteiger partial charge in [-0.2, -0.15) is 0 Å². The zero-order valence-corrected chi connectivity index (χ0v) is 11.1. The molecule has 1 saturated heterocycles. The highest BCUT2D eigenvalue weighted by molar-refractivity contribution is 5.83. The van der Waals surface area contributed by atoms with Gasteiger partial charge in [0.2, 0.25) is 5.91 Å². The molecule has 1 aliphatic carbocycles. The molecule has 0 aromatic heterocycles. The topological polar surface area (TPSA) is 73.6 Å². The van der Waals surface area contributed by atoms with E-state index in [1.165, 1.54) is 12.8 Å². The summed E-state index contributed by atoms with van der Waals surface area (Å²) >= 11 is 0. The number of amides is 1. The third kappa shape index (κ3) is 3.02. The number of carbonyl (C=O) groups is 1. The molecule has 0 aromatic rings. The van der Waals surface area contributed by atoms with Gasteiger partial charge < -0.3 is 20.5 Å². The van der Waals surface area contributed by atoms with Crippen molar-refractivity contribution < 1.29 is 14.3 Å². The van der Waals surface area contributed by atoms with Crippen molar-refractivity contribution in [2.75, 3.05) is 33.5 Å². The first-order valence-electron chi connectivity index (χ1n) is 6.79. The van der Waals surface area contributed by atoms with Crippen LogP contribution in [0.25, 0.3) is 0 Å². The minimum atomic E-state index is -0.431. The first-order valence-corrected chi connectivity index (χ1v) is 6.79. The van der Waals surface area contributed by atoms with Crippen molar-refractivity contribution >= 4 is 5.91 Å². The highest BCUT2D eigenvalue weighted by Crippen LogP contribution is 2.35. The maximum absolute atomic E-state index is 12.5. The molecule has 0 aromatic carbocycles. The summed E-state index contributed by atoms with van der Waals surface area (Å²) in [4.78, 5) is 12.5. The van der Waals surface area contributed by atoms with Crippen LogP contribution in [0.5, 0.6) is 0 Å². The Bertz CT molecular complexity index is 286. The van der Waals surface area contributed by atoms with Gasteiger partial charge in [-0.1, -0.05) is 0 Å². The van der Waals surface area contributed by atoms with E-state index < -0.39 is 5.41 Å². The van der Waals surface area contributed by atoms with Crippen LogP contribution in [0.1, 0.15) is 25.7 Å². The molecular formula is C13H24N2O3. The van der Waals surface area contributed by atoms with Gasteiger partial charge in [-0.15, -0.1) is 0 Å². The summed E-state index contributed by atoms with van der Waals surface area (Å²) in [5.74, 6) is 0.672. The van der Waals surface area contributed by atoms with Crippen LogP contribution in [0.4, 0.5) is 0 Å². The summed E-state index contributed by atoms with van der Waals surface area (Å²) in [5.41, 5.74) is 5.40. The lowest BCUT2D eigenvalue weighted by molar-refractivity contribution is -0.137. The average molecular weight is 256 g/mol.